The highest BCUT2D eigenvalue weighted by atomic mass is 35.5. The average Bonchev–Trinajstić information content (AvgIpc) is 2.38. The summed E-state index contributed by atoms with van der Waals surface area (Å²) in [4.78, 5) is 11.7. The fourth-order valence-electron chi connectivity index (χ4n) is 1.35. The molecule has 0 bridgehead atoms. The summed E-state index contributed by atoms with van der Waals surface area (Å²) in [5.74, 6) is -0.0532. The molecule has 0 aliphatic rings. The number of hydrogen-bond acceptors (Lipinski definition) is 2. The summed E-state index contributed by atoms with van der Waals surface area (Å²) in [6, 6.07) is 7.28. The third kappa shape index (κ3) is 4.90. The highest BCUT2D eigenvalue weighted by molar-refractivity contribution is 6.30. The Kier molecular flexibility index (Phi) is 5.89. The molecular formula is C14H18ClNO2. The van der Waals surface area contributed by atoms with Crippen molar-refractivity contribution in [3.8, 4) is 0 Å². The van der Waals surface area contributed by atoms with Gasteiger partial charge in [-0.25, -0.2) is 0 Å². The monoisotopic (exact) mass is 267 g/mol. The zero-order valence-corrected chi connectivity index (χ0v) is 11.4. The Morgan fingerprint density at radius 2 is 2.06 bits per heavy atom. The zero-order valence-electron chi connectivity index (χ0n) is 10.6. The molecule has 0 aliphatic carbocycles. The first-order valence-electron chi connectivity index (χ1n) is 5.86. The fourth-order valence-corrected chi connectivity index (χ4v) is 1.47. The van der Waals surface area contributed by atoms with Crippen molar-refractivity contribution in [1.82, 2.24) is 5.32 Å². The predicted octanol–water partition coefficient (Wildman–Crippen LogP) is 2.49. The van der Waals surface area contributed by atoms with E-state index >= 15 is 0 Å². The number of benzene rings is 1. The largest absolute Gasteiger partial charge is 0.396 e. The second-order valence-corrected chi connectivity index (χ2v) is 4.81. The van der Waals surface area contributed by atoms with E-state index in [9.17, 15) is 4.79 Å². The van der Waals surface area contributed by atoms with Crippen molar-refractivity contribution < 1.29 is 9.90 Å². The molecule has 0 saturated carbocycles. The first-order valence-corrected chi connectivity index (χ1v) is 6.23. The van der Waals surface area contributed by atoms with E-state index in [4.69, 9.17) is 16.7 Å². The zero-order chi connectivity index (χ0) is 13.5. The molecular weight excluding hydrogens is 250 g/mol. The van der Waals surface area contributed by atoms with Gasteiger partial charge in [0, 0.05) is 23.7 Å². The molecule has 1 atom stereocenters. The molecule has 0 fully saturated rings. The summed E-state index contributed by atoms with van der Waals surface area (Å²) in [6.07, 6.45) is 1.80. The van der Waals surface area contributed by atoms with E-state index in [2.05, 4.69) is 5.32 Å². The fraction of sp³-hybridized carbons (Fsp3) is 0.357. The van der Waals surface area contributed by atoms with Gasteiger partial charge < -0.3 is 10.4 Å². The van der Waals surface area contributed by atoms with Crippen molar-refractivity contribution in [2.45, 2.75) is 13.8 Å². The quantitative estimate of drug-likeness (QED) is 0.806. The molecule has 2 N–H and O–H groups in total. The number of halogens is 1. The van der Waals surface area contributed by atoms with E-state index in [1.807, 2.05) is 19.1 Å². The Labute approximate surface area is 112 Å². The van der Waals surface area contributed by atoms with Crippen LogP contribution in [-0.4, -0.2) is 24.2 Å². The van der Waals surface area contributed by atoms with Gasteiger partial charge in [0.15, 0.2) is 0 Å². The molecule has 3 nitrogen and oxygen atoms in total. The Hall–Kier alpha value is -1.32. The highest BCUT2D eigenvalue weighted by Gasteiger charge is 2.06. The summed E-state index contributed by atoms with van der Waals surface area (Å²) < 4.78 is 0. The van der Waals surface area contributed by atoms with Crippen molar-refractivity contribution in [3.05, 3.63) is 40.4 Å². The van der Waals surface area contributed by atoms with Crippen LogP contribution >= 0.6 is 11.6 Å². The number of carbonyl (C=O) groups excluding carboxylic acids is 1. The van der Waals surface area contributed by atoms with Crippen molar-refractivity contribution in [3.63, 3.8) is 0 Å². The number of hydrogen-bond donors (Lipinski definition) is 2. The maximum absolute atomic E-state index is 11.7. The second-order valence-electron chi connectivity index (χ2n) is 4.38. The summed E-state index contributed by atoms with van der Waals surface area (Å²) in [6.45, 7) is 4.17. The van der Waals surface area contributed by atoms with Gasteiger partial charge in [-0.1, -0.05) is 30.7 Å². The van der Waals surface area contributed by atoms with Crippen LogP contribution in [0.4, 0.5) is 0 Å². The Morgan fingerprint density at radius 3 is 2.61 bits per heavy atom. The molecule has 0 aromatic heterocycles. The second kappa shape index (κ2) is 7.19. The van der Waals surface area contributed by atoms with Gasteiger partial charge in [-0.2, -0.15) is 0 Å². The van der Waals surface area contributed by atoms with Gasteiger partial charge in [0.05, 0.1) is 0 Å². The normalized spacial score (nSPS) is 13.2. The van der Waals surface area contributed by atoms with Gasteiger partial charge in [-0.15, -0.1) is 0 Å². The maximum Gasteiger partial charge on any atom is 0.246 e. The number of carbonyl (C=O) groups is 1. The lowest BCUT2D eigenvalue weighted by molar-refractivity contribution is -0.117. The third-order valence-electron chi connectivity index (χ3n) is 2.53. The molecule has 98 valence electrons. The van der Waals surface area contributed by atoms with Crippen LogP contribution in [0.5, 0.6) is 0 Å². The Balaban J connectivity index is 2.60. The SMILES string of the molecule is C/C(=C\c1ccc(Cl)cc1)C(=O)NCC(C)CO. The molecule has 1 amide bonds. The number of nitrogens with one attached hydrogen (secondary N) is 1. The molecule has 0 heterocycles. The molecule has 1 unspecified atom stereocenters. The molecule has 0 spiro atoms. The maximum atomic E-state index is 11.7. The van der Waals surface area contributed by atoms with E-state index in [0.717, 1.165) is 5.56 Å². The van der Waals surface area contributed by atoms with Crippen LogP contribution in [0.15, 0.2) is 29.8 Å². The predicted molar refractivity (Wildman–Crippen MR) is 74.4 cm³/mol. The van der Waals surface area contributed by atoms with Gasteiger partial charge in [0.25, 0.3) is 0 Å². The van der Waals surface area contributed by atoms with Crippen molar-refractivity contribution >= 4 is 23.6 Å². The van der Waals surface area contributed by atoms with Crippen LogP contribution in [0.2, 0.25) is 5.02 Å². The van der Waals surface area contributed by atoms with Crippen molar-refractivity contribution in [2.24, 2.45) is 5.92 Å². The summed E-state index contributed by atoms with van der Waals surface area (Å²) in [5.41, 5.74) is 1.56. The lowest BCUT2D eigenvalue weighted by Gasteiger charge is -2.09. The molecule has 1 rings (SSSR count). The minimum atomic E-state index is -0.120. The van der Waals surface area contributed by atoms with Crippen molar-refractivity contribution in [2.75, 3.05) is 13.2 Å². The number of aliphatic hydroxyl groups excluding tert-OH is 1. The van der Waals surface area contributed by atoms with E-state index in [-0.39, 0.29) is 18.4 Å². The smallest absolute Gasteiger partial charge is 0.246 e. The minimum absolute atomic E-state index is 0.0669. The van der Waals surface area contributed by atoms with E-state index < -0.39 is 0 Å². The van der Waals surface area contributed by atoms with Crippen LogP contribution in [0, 0.1) is 5.92 Å². The van der Waals surface area contributed by atoms with E-state index in [0.29, 0.717) is 17.1 Å². The molecule has 0 saturated heterocycles. The van der Waals surface area contributed by atoms with Crippen LogP contribution in [0.3, 0.4) is 0 Å². The summed E-state index contributed by atoms with van der Waals surface area (Å²) in [7, 11) is 0. The lowest BCUT2D eigenvalue weighted by Crippen LogP contribution is -2.29. The first kappa shape index (κ1) is 14.7. The van der Waals surface area contributed by atoms with Crippen LogP contribution in [-0.2, 0) is 4.79 Å². The van der Waals surface area contributed by atoms with Gasteiger partial charge in [-0.05, 0) is 36.6 Å². The Morgan fingerprint density at radius 1 is 1.44 bits per heavy atom. The first-order chi connectivity index (χ1) is 8.52. The minimum Gasteiger partial charge on any atom is -0.396 e. The molecule has 1 aromatic carbocycles. The third-order valence-corrected chi connectivity index (χ3v) is 2.79. The van der Waals surface area contributed by atoms with Gasteiger partial charge in [-0.3, -0.25) is 4.79 Å². The molecule has 0 radical (unpaired) electrons. The Bertz CT molecular complexity index is 426. The highest BCUT2D eigenvalue weighted by Crippen LogP contribution is 2.12. The lowest BCUT2D eigenvalue weighted by atomic mass is 10.1. The van der Waals surface area contributed by atoms with Crippen LogP contribution in [0.1, 0.15) is 19.4 Å². The number of rotatable bonds is 5. The summed E-state index contributed by atoms with van der Waals surface area (Å²) >= 11 is 5.79. The number of amides is 1. The van der Waals surface area contributed by atoms with E-state index in [1.54, 1.807) is 25.1 Å². The average molecular weight is 268 g/mol. The van der Waals surface area contributed by atoms with Crippen molar-refractivity contribution in [1.29, 1.82) is 0 Å². The van der Waals surface area contributed by atoms with Crippen LogP contribution in [0.25, 0.3) is 6.08 Å². The molecule has 1 aromatic rings. The molecule has 18 heavy (non-hydrogen) atoms. The molecule has 4 heteroatoms. The van der Waals surface area contributed by atoms with Crippen LogP contribution < -0.4 is 5.32 Å². The standard InChI is InChI=1S/C14H18ClNO2/c1-10(9-17)8-16-14(18)11(2)7-12-3-5-13(15)6-4-12/h3-7,10,17H,8-9H2,1-2H3,(H,16,18)/b11-7+. The number of aliphatic hydroxyl groups is 1. The van der Waals surface area contributed by atoms with Gasteiger partial charge in [0.2, 0.25) is 5.91 Å². The van der Waals surface area contributed by atoms with Gasteiger partial charge >= 0.3 is 0 Å². The topological polar surface area (TPSA) is 49.3 Å². The summed E-state index contributed by atoms with van der Waals surface area (Å²) in [5, 5.41) is 12.3. The molecule has 0 aliphatic heterocycles. The van der Waals surface area contributed by atoms with Gasteiger partial charge in [0.1, 0.15) is 0 Å². The van der Waals surface area contributed by atoms with E-state index in [1.165, 1.54) is 0 Å².